The number of furan rings is 1. The van der Waals surface area contributed by atoms with E-state index in [1.165, 1.54) is 0 Å². The van der Waals surface area contributed by atoms with E-state index in [1.807, 2.05) is 47.4 Å². The summed E-state index contributed by atoms with van der Waals surface area (Å²) in [5.74, 6) is 1.15. The van der Waals surface area contributed by atoms with Gasteiger partial charge in [-0.15, -0.1) is 0 Å². The van der Waals surface area contributed by atoms with Gasteiger partial charge >= 0.3 is 0 Å². The lowest BCUT2D eigenvalue weighted by Crippen LogP contribution is -2.33. The van der Waals surface area contributed by atoms with Gasteiger partial charge in [0, 0.05) is 31.4 Å². The highest BCUT2D eigenvalue weighted by Crippen LogP contribution is 2.38. The predicted molar refractivity (Wildman–Crippen MR) is 129 cm³/mol. The number of rotatable bonds is 5. The number of benzene rings is 1. The van der Waals surface area contributed by atoms with E-state index >= 15 is 0 Å². The molecule has 1 aromatic carbocycles. The lowest BCUT2D eigenvalue weighted by atomic mass is 9.80. The number of carbonyl (C=O) groups excluding carboxylic acids is 2. The van der Waals surface area contributed by atoms with Crippen LogP contribution in [0.1, 0.15) is 60.0 Å². The molecule has 0 radical (unpaired) electrons. The van der Waals surface area contributed by atoms with Crippen molar-refractivity contribution in [2.24, 2.45) is 5.92 Å². The Labute approximate surface area is 193 Å². The van der Waals surface area contributed by atoms with Crippen LogP contribution in [0.25, 0.3) is 22.6 Å². The molecule has 1 atom stereocenters. The smallest absolute Gasteiger partial charge is 0.252 e. The number of nitrogens with zero attached hydrogens (tertiary/aromatic N) is 2. The normalized spacial score (nSPS) is 19.1. The molecule has 1 saturated heterocycles. The van der Waals surface area contributed by atoms with E-state index in [0.29, 0.717) is 24.4 Å². The van der Waals surface area contributed by atoms with Crippen molar-refractivity contribution in [3.8, 4) is 0 Å². The minimum Gasteiger partial charge on any atom is -0.465 e. The standard InChI is InChI=1S/C27H29N3O3/c1-18-15-19(17-20-7-6-14-33-20)26-22(16-18)25(21-8-2-3-9-23(21)29-26)27(32)28-11-10-24(31)30-12-4-5-13-30/h2-3,6-9,14,17-18H,4-5,10-13,15-16H2,1H3,(H,28,32)/b19-17+. The second kappa shape index (κ2) is 9.22. The minimum absolute atomic E-state index is 0.117. The number of amides is 2. The number of fused-ring (bicyclic) bond motifs is 2. The van der Waals surface area contributed by atoms with Crippen LogP contribution < -0.4 is 5.32 Å². The first-order chi connectivity index (χ1) is 16.1. The quantitative estimate of drug-likeness (QED) is 0.621. The summed E-state index contributed by atoms with van der Waals surface area (Å²) in [6, 6.07) is 11.6. The molecule has 1 N–H and O–H groups in total. The van der Waals surface area contributed by atoms with Crippen molar-refractivity contribution in [2.75, 3.05) is 19.6 Å². The molecule has 6 heteroatoms. The molecule has 6 nitrogen and oxygen atoms in total. The molecule has 33 heavy (non-hydrogen) atoms. The number of carbonyl (C=O) groups is 2. The van der Waals surface area contributed by atoms with E-state index in [0.717, 1.165) is 72.3 Å². The highest BCUT2D eigenvalue weighted by Gasteiger charge is 2.28. The van der Waals surface area contributed by atoms with Crippen molar-refractivity contribution >= 4 is 34.4 Å². The molecule has 2 aromatic heterocycles. The van der Waals surface area contributed by atoms with E-state index < -0.39 is 0 Å². The SMILES string of the molecule is CC1C/C(=C\c2ccco2)c2nc3ccccc3c(C(=O)NCCC(=O)N3CCCC3)c2C1. The van der Waals surface area contributed by atoms with E-state index in [4.69, 9.17) is 9.40 Å². The third-order valence-electron chi connectivity index (χ3n) is 6.59. The van der Waals surface area contributed by atoms with Crippen LogP contribution >= 0.6 is 0 Å². The summed E-state index contributed by atoms with van der Waals surface area (Å²) >= 11 is 0. The van der Waals surface area contributed by atoms with E-state index in [2.05, 4.69) is 12.2 Å². The first-order valence-electron chi connectivity index (χ1n) is 11.8. The van der Waals surface area contributed by atoms with Gasteiger partial charge in [0.05, 0.1) is 23.0 Å². The Balaban J connectivity index is 1.48. The van der Waals surface area contributed by atoms with Crippen molar-refractivity contribution in [2.45, 2.75) is 39.0 Å². The maximum Gasteiger partial charge on any atom is 0.252 e. The topological polar surface area (TPSA) is 75.4 Å². The van der Waals surface area contributed by atoms with Gasteiger partial charge in [0.25, 0.3) is 5.91 Å². The zero-order valence-electron chi connectivity index (χ0n) is 19.0. The van der Waals surface area contributed by atoms with Gasteiger partial charge < -0.3 is 14.6 Å². The van der Waals surface area contributed by atoms with E-state index in [-0.39, 0.29) is 11.8 Å². The van der Waals surface area contributed by atoms with Gasteiger partial charge in [-0.05, 0) is 67.0 Å². The molecule has 2 amide bonds. The van der Waals surface area contributed by atoms with Gasteiger partial charge in [-0.25, -0.2) is 4.98 Å². The Morgan fingerprint density at radius 1 is 1.15 bits per heavy atom. The number of aromatic nitrogens is 1. The zero-order valence-corrected chi connectivity index (χ0v) is 19.0. The summed E-state index contributed by atoms with van der Waals surface area (Å²) in [4.78, 5) is 32.7. The van der Waals surface area contributed by atoms with Crippen LogP contribution in [0, 0.1) is 5.92 Å². The average Bonchev–Trinajstić information content (AvgIpc) is 3.52. The summed E-state index contributed by atoms with van der Waals surface area (Å²) in [5.41, 5.74) is 4.42. The number of hydrogen-bond donors (Lipinski definition) is 1. The third kappa shape index (κ3) is 4.42. The fraction of sp³-hybridized carbons (Fsp3) is 0.370. The molecule has 0 bridgehead atoms. The van der Waals surface area contributed by atoms with Crippen molar-refractivity contribution in [1.29, 1.82) is 0 Å². The fourth-order valence-electron chi connectivity index (χ4n) is 5.04. The number of para-hydroxylation sites is 1. The minimum atomic E-state index is -0.134. The van der Waals surface area contributed by atoms with Gasteiger partial charge in [-0.2, -0.15) is 0 Å². The molecule has 170 valence electrons. The van der Waals surface area contributed by atoms with Crippen LogP contribution in [0.2, 0.25) is 0 Å². The molecule has 1 aliphatic heterocycles. The lowest BCUT2D eigenvalue weighted by molar-refractivity contribution is -0.129. The predicted octanol–water partition coefficient (Wildman–Crippen LogP) is 4.69. The van der Waals surface area contributed by atoms with Gasteiger partial charge in [0.1, 0.15) is 5.76 Å². The first kappa shape index (κ1) is 21.4. The molecular weight excluding hydrogens is 414 g/mol. The summed E-state index contributed by atoms with van der Waals surface area (Å²) in [7, 11) is 0. The summed E-state index contributed by atoms with van der Waals surface area (Å²) in [6.45, 7) is 4.20. The molecule has 1 fully saturated rings. The Hall–Kier alpha value is -3.41. The average molecular weight is 444 g/mol. The van der Waals surface area contributed by atoms with Crippen LogP contribution in [0.5, 0.6) is 0 Å². The Bertz CT molecular complexity index is 1210. The van der Waals surface area contributed by atoms with Gasteiger partial charge in [-0.3, -0.25) is 9.59 Å². The molecule has 0 saturated carbocycles. The Morgan fingerprint density at radius 3 is 2.76 bits per heavy atom. The molecule has 3 heterocycles. The van der Waals surface area contributed by atoms with Crippen molar-refractivity contribution in [3.63, 3.8) is 0 Å². The molecule has 0 spiro atoms. The second-order valence-corrected chi connectivity index (χ2v) is 9.12. The van der Waals surface area contributed by atoms with Gasteiger partial charge in [0.2, 0.25) is 5.91 Å². The van der Waals surface area contributed by atoms with Crippen molar-refractivity contribution in [3.05, 3.63) is 65.2 Å². The number of likely N-dealkylation sites (tertiary alicyclic amines) is 1. The van der Waals surface area contributed by atoms with E-state index in [1.54, 1.807) is 6.26 Å². The van der Waals surface area contributed by atoms with E-state index in [9.17, 15) is 9.59 Å². The number of pyridine rings is 1. The molecule has 3 aromatic rings. The van der Waals surface area contributed by atoms with Crippen LogP contribution in [0.4, 0.5) is 0 Å². The van der Waals surface area contributed by atoms with Crippen molar-refractivity contribution < 1.29 is 14.0 Å². The number of nitrogens with one attached hydrogen (secondary N) is 1. The molecule has 5 rings (SSSR count). The maximum absolute atomic E-state index is 13.5. The van der Waals surface area contributed by atoms with Crippen LogP contribution in [-0.2, 0) is 11.2 Å². The first-order valence-corrected chi connectivity index (χ1v) is 11.8. The Morgan fingerprint density at radius 2 is 1.97 bits per heavy atom. The van der Waals surface area contributed by atoms with Gasteiger partial charge in [-0.1, -0.05) is 25.1 Å². The highest BCUT2D eigenvalue weighted by molar-refractivity contribution is 6.09. The third-order valence-corrected chi connectivity index (χ3v) is 6.59. The van der Waals surface area contributed by atoms with Crippen LogP contribution in [-0.4, -0.2) is 41.3 Å². The Kier molecular flexibility index (Phi) is 5.99. The summed E-state index contributed by atoms with van der Waals surface area (Å²) in [5, 5.41) is 3.87. The number of allylic oxidation sites excluding steroid dienone is 1. The summed E-state index contributed by atoms with van der Waals surface area (Å²) in [6.07, 6.45) is 7.83. The van der Waals surface area contributed by atoms with Gasteiger partial charge in [0.15, 0.2) is 0 Å². The lowest BCUT2D eigenvalue weighted by Gasteiger charge is -2.26. The highest BCUT2D eigenvalue weighted by atomic mass is 16.3. The molecule has 2 aliphatic rings. The molecule has 1 unspecified atom stereocenters. The van der Waals surface area contributed by atoms with Crippen molar-refractivity contribution in [1.82, 2.24) is 15.2 Å². The largest absolute Gasteiger partial charge is 0.465 e. The monoisotopic (exact) mass is 443 g/mol. The summed E-state index contributed by atoms with van der Waals surface area (Å²) < 4.78 is 5.55. The zero-order chi connectivity index (χ0) is 22.8. The maximum atomic E-state index is 13.5. The fourth-order valence-corrected chi connectivity index (χ4v) is 5.04. The molecule has 1 aliphatic carbocycles. The van der Waals surface area contributed by atoms with Crippen LogP contribution in [0.15, 0.2) is 47.1 Å². The second-order valence-electron chi connectivity index (χ2n) is 9.12. The number of hydrogen-bond acceptors (Lipinski definition) is 4. The molecular formula is C27H29N3O3. The van der Waals surface area contributed by atoms with Crippen LogP contribution in [0.3, 0.4) is 0 Å².